The number of hydrogen-bond acceptors (Lipinski definition) is 6. The first-order valence-corrected chi connectivity index (χ1v) is 12.8. The lowest BCUT2D eigenvalue weighted by Gasteiger charge is -2.27. The monoisotopic (exact) mass is 728 g/mol. The maximum Gasteiger partial charge on any atom is 0.231 e. The number of rotatable bonds is 4. The van der Waals surface area contributed by atoms with Crippen molar-refractivity contribution in [3.63, 3.8) is 0 Å². The van der Waals surface area contributed by atoms with Gasteiger partial charge in [0.2, 0.25) is 12.7 Å². The number of benzene rings is 3. The normalized spacial score (nSPS) is 16.1. The van der Waals surface area contributed by atoms with Crippen molar-refractivity contribution < 1.29 is 18.9 Å². The number of fused-ring (bicyclic) bond motifs is 2. The van der Waals surface area contributed by atoms with E-state index in [1.54, 1.807) is 6.07 Å². The molecule has 0 saturated heterocycles. The highest BCUT2D eigenvalue weighted by atomic mass is 127. The summed E-state index contributed by atoms with van der Waals surface area (Å²) in [6.07, 6.45) is 0. The first-order valence-electron chi connectivity index (χ1n) is 9.82. The molecule has 5 rings (SSSR count). The largest absolute Gasteiger partial charge is 0.487 e. The molecule has 0 amide bonds. The van der Waals surface area contributed by atoms with Gasteiger partial charge in [0.15, 0.2) is 11.5 Å². The number of nitriles is 1. The Hall–Kier alpha value is -2.17. The van der Waals surface area contributed by atoms with E-state index in [1.807, 2.05) is 42.5 Å². The van der Waals surface area contributed by atoms with Crippen LogP contribution in [0.1, 0.15) is 22.6 Å². The average Bonchev–Trinajstić information content (AvgIpc) is 3.24. The van der Waals surface area contributed by atoms with Crippen LogP contribution < -0.4 is 24.7 Å². The molecule has 0 radical (unpaired) electrons. The van der Waals surface area contributed by atoms with Gasteiger partial charge in [-0.15, -0.1) is 0 Å². The van der Waals surface area contributed by atoms with Crippen LogP contribution in [0.25, 0.3) is 0 Å². The molecule has 3 aromatic rings. The van der Waals surface area contributed by atoms with Gasteiger partial charge in [0.1, 0.15) is 29.7 Å². The van der Waals surface area contributed by atoms with E-state index in [0.717, 1.165) is 34.1 Å². The lowest BCUT2D eigenvalue weighted by Crippen LogP contribution is -2.21. The molecule has 1 atom stereocenters. The zero-order chi connectivity index (χ0) is 23.1. The number of halogens is 3. The molecule has 9 heteroatoms. The molecule has 3 aromatic carbocycles. The molecular weight excluding hydrogens is 714 g/mol. The van der Waals surface area contributed by atoms with Crippen LogP contribution in [0.2, 0.25) is 0 Å². The standard InChI is InChI=1S/C24H15BrI2N2O4/c25-14-3-1-12(2-4-14)10-30-23-17(26)5-13(6-18(23)27)22-15-7-20-21(32-11-31-20)8-19(15)33-24(29)16(22)9-28/h1-8,22H,10-11,29H2/t22-/m0/s1. The summed E-state index contributed by atoms with van der Waals surface area (Å²) in [5.74, 6) is 2.28. The Morgan fingerprint density at radius 2 is 1.70 bits per heavy atom. The Morgan fingerprint density at radius 3 is 2.36 bits per heavy atom. The van der Waals surface area contributed by atoms with E-state index in [2.05, 4.69) is 67.2 Å². The van der Waals surface area contributed by atoms with Crippen LogP contribution in [0.5, 0.6) is 23.0 Å². The second kappa shape index (κ2) is 9.23. The van der Waals surface area contributed by atoms with E-state index in [9.17, 15) is 5.26 Å². The summed E-state index contributed by atoms with van der Waals surface area (Å²) in [5.41, 5.74) is 9.29. The quantitative estimate of drug-likeness (QED) is 0.323. The van der Waals surface area contributed by atoms with Gasteiger partial charge in [-0.3, -0.25) is 0 Å². The molecule has 0 aromatic heterocycles. The van der Waals surface area contributed by atoms with Crippen LogP contribution in [-0.4, -0.2) is 6.79 Å². The van der Waals surface area contributed by atoms with Crippen molar-refractivity contribution in [1.82, 2.24) is 0 Å². The van der Waals surface area contributed by atoms with E-state index < -0.39 is 5.92 Å². The summed E-state index contributed by atoms with van der Waals surface area (Å²) in [5, 5.41) is 9.88. The fourth-order valence-electron chi connectivity index (χ4n) is 3.81. The smallest absolute Gasteiger partial charge is 0.231 e. The number of hydrogen-bond donors (Lipinski definition) is 1. The molecular formula is C24H15BrI2N2O4. The maximum absolute atomic E-state index is 9.88. The Kier molecular flexibility index (Phi) is 6.32. The highest BCUT2D eigenvalue weighted by Crippen LogP contribution is 2.48. The summed E-state index contributed by atoms with van der Waals surface area (Å²) < 4.78 is 25.8. The van der Waals surface area contributed by atoms with Gasteiger partial charge in [0, 0.05) is 16.1 Å². The molecule has 0 fully saturated rings. The van der Waals surface area contributed by atoms with Gasteiger partial charge < -0.3 is 24.7 Å². The highest BCUT2D eigenvalue weighted by molar-refractivity contribution is 14.1. The van der Waals surface area contributed by atoms with E-state index in [-0.39, 0.29) is 12.7 Å². The van der Waals surface area contributed by atoms with E-state index in [1.165, 1.54) is 0 Å². The van der Waals surface area contributed by atoms with Gasteiger partial charge in [0.25, 0.3) is 0 Å². The summed E-state index contributed by atoms with van der Waals surface area (Å²) in [7, 11) is 0. The second-order valence-electron chi connectivity index (χ2n) is 7.40. The predicted octanol–water partition coefficient (Wildman–Crippen LogP) is 6.18. The molecule has 0 bridgehead atoms. The number of nitrogens with two attached hydrogens (primary N) is 1. The van der Waals surface area contributed by atoms with Crippen LogP contribution >= 0.6 is 61.1 Å². The van der Waals surface area contributed by atoms with Crippen molar-refractivity contribution in [3.8, 4) is 29.1 Å². The number of ether oxygens (including phenoxy) is 4. The molecule has 0 saturated carbocycles. The molecule has 2 heterocycles. The summed E-state index contributed by atoms with van der Waals surface area (Å²) >= 11 is 7.98. The SMILES string of the molecule is N#CC1=C(N)Oc2cc3c(cc2[C@@H]1c1cc(I)c(OCc2ccc(Br)cc2)c(I)c1)OCO3. The van der Waals surface area contributed by atoms with Crippen LogP contribution in [0.3, 0.4) is 0 Å². The molecule has 166 valence electrons. The Labute approximate surface area is 226 Å². The molecule has 6 nitrogen and oxygen atoms in total. The first kappa shape index (κ1) is 22.6. The summed E-state index contributed by atoms with van der Waals surface area (Å²) in [6, 6.07) is 17.9. The predicted molar refractivity (Wildman–Crippen MR) is 142 cm³/mol. The van der Waals surface area contributed by atoms with Crippen molar-refractivity contribution >= 4 is 61.1 Å². The molecule has 2 aliphatic rings. The van der Waals surface area contributed by atoms with Crippen LogP contribution in [0.4, 0.5) is 0 Å². The Bertz CT molecular complexity index is 1310. The van der Waals surface area contributed by atoms with Crippen LogP contribution in [0, 0.1) is 18.5 Å². The van der Waals surface area contributed by atoms with Gasteiger partial charge in [-0.2, -0.15) is 5.26 Å². The molecule has 2 N–H and O–H groups in total. The number of nitrogens with zero attached hydrogens (tertiary/aromatic N) is 1. The fraction of sp³-hybridized carbons (Fsp3) is 0.125. The van der Waals surface area contributed by atoms with Crippen molar-refractivity contribution in [2.45, 2.75) is 12.5 Å². The third-order valence-electron chi connectivity index (χ3n) is 5.36. The van der Waals surface area contributed by atoms with E-state index in [0.29, 0.717) is 29.4 Å². The zero-order valence-corrected chi connectivity index (χ0v) is 22.8. The molecule has 0 unspecified atom stereocenters. The average molecular weight is 729 g/mol. The molecule has 0 aliphatic carbocycles. The minimum absolute atomic E-state index is 0.0921. The lowest BCUT2D eigenvalue weighted by molar-refractivity contribution is 0.174. The van der Waals surface area contributed by atoms with Gasteiger partial charge in [-0.05, 0) is 86.6 Å². The zero-order valence-electron chi connectivity index (χ0n) is 16.9. The molecule has 2 aliphatic heterocycles. The lowest BCUT2D eigenvalue weighted by atomic mass is 9.83. The molecule has 33 heavy (non-hydrogen) atoms. The Morgan fingerprint density at radius 1 is 1.03 bits per heavy atom. The third-order valence-corrected chi connectivity index (χ3v) is 7.49. The topological polar surface area (TPSA) is 86.7 Å². The van der Waals surface area contributed by atoms with Gasteiger partial charge in [-0.25, -0.2) is 0 Å². The minimum atomic E-state index is -0.393. The Balaban J connectivity index is 1.52. The van der Waals surface area contributed by atoms with Crippen molar-refractivity contribution in [2.24, 2.45) is 5.73 Å². The maximum atomic E-state index is 9.88. The highest BCUT2D eigenvalue weighted by Gasteiger charge is 2.34. The second-order valence-corrected chi connectivity index (χ2v) is 10.6. The van der Waals surface area contributed by atoms with Crippen molar-refractivity contribution in [1.29, 1.82) is 5.26 Å². The van der Waals surface area contributed by atoms with E-state index >= 15 is 0 Å². The van der Waals surface area contributed by atoms with Gasteiger partial charge in [-0.1, -0.05) is 28.1 Å². The summed E-state index contributed by atoms with van der Waals surface area (Å²) in [4.78, 5) is 0. The number of allylic oxidation sites excluding steroid dienone is 1. The van der Waals surface area contributed by atoms with Crippen LogP contribution in [-0.2, 0) is 6.61 Å². The third kappa shape index (κ3) is 4.36. The first-order chi connectivity index (χ1) is 15.9. The van der Waals surface area contributed by atoms with Crippen molar-refractivity contribution in [3.05, 3.63) is 88.3 Å². The summed E-state index contributed by atoms with van der Waals surface area (Å²) in [6.45, 7) is 0.607. The van der Waals surface area contributed by atoms with Gasteiger partial charge in [0.05, 0.1) is 13.1 Å². The van der Waals surface area contributed by atoms with Crippen LogP contribution in [0.15, 0.2) is 64.5 Å². The van der Waals surface area contributed by atoms with E-state index in [4.69, 9.17) is 24.7 Å². The van der Waals surface area contributed by atoms with Crippen molar-refractivity contribution in [2.75, 3.05) is 6.79 Å². The fourth-order valence-corrected chi connectivity index (χ4v) is 6.20. The van der Waals surface area contributed by atoms with Gasteiger partial charge >= 0.3 is 0 Å². The minimum Gasteiger partial charge on any atom is -0.487 e. The molecule has 0 spiro atoms.